The Bertz CT molecular complexity index is 510. The largest absolute Gasteiger partial charge is 0.335 e. The first-order chi connectivity index (χ1) is 8.47. The molecule has 1 fully saturated rings. The fourth-order valence-corrected chi connectivity index (χ4v) is 1.70. The van der Waals surface area contributed by atoms with Gasteiger partial charge in [0.15, 0.2) is 0 Å². The highest BCUT2D eigenvalue weighted by molar-refractivity contribution is 5.90. The highest BCUT2D eigenvalue weighted by Crippen LogP contribution is 2.26. The maximum Gasteiger partial charge on any atom is 0.319 e. The molecule has 1 aliphatic carbocycles. The monoisotopic (exact) mass is 249 g/mol. The van der Waals surface area contributed by atoms with Gasteiger partial charge in [0.1, 0.15) is 0 Å². The number of hydrogen-bond acceptors (Lipinski definition) is 3. The van der Waals surface area contributed by atoms with E-state index in [-0.39, 0.29) is 17.8 Å². The van der Waals surface area contributed by atoms with E-state index in [0.29, 0.717) is 16.8 Å². The Kier molecular flexibility index (Phi) is 3.18. The minimum Gasteiger partial charge on any atom is -0.335 e. The summed E-state index contributed by atoms with van der Waals surface area (Å²) in [7, 11) is 0. The van der Waals surface area contributed by atoms with Crippen LogP contribution in [-0.2, 0) is 0 Å². The van der Waals surface area contributed by atoms with E-state index in [2.05, 4.69) is 10.6 Å². The smallest absolute Gasteiger partial charge is 0.319 e. The number of nitro benzene ring substituents is 1. The zero-order chi connectivity index (χ0) is 13.3. The number of benzene rings is 1. The van der Waals surface area contributed by atoms with Gasteiger partial charge >= 0.3 is 6.03 Å². The van der Waals surface area contributed by atoms with Crippen LogP contribution >= 0.6 is 0 Å². The number of nitrogens with zero attached hydrogens (tertiary/aromatic N) is 1. The normalized spacial score (nSPS) is 14.1. The van der Waals surface area contributed by atoms with Crippen LogP contribution in [0.1, 0.15) is 24.0 Å². The molecule has 0 atom stereocenters. The maximum atomic E-state index is 11.6. The SMILES string of the molecule is Cc1cc([N+](=O)[O-])c(C)cc1NC(=O)NC1CC1. The number of hydrogen-bond donors (Lipinski definition) is 2. The van der Waals surface area contributed by atoms with Gasteiger partial charge in [0.25, 0.3) is 5.69 Å². The molecule has 2 amide bonds. The summed E-state index contributed by atoms with van der Waals surface area (Å²) in [5, 5.41) is 16.3. The lowest BCUT2D eigenvalue weighted by molar-refractivity contribution is -0.385. The molecule has 6 nitrogen and oxygen atoms in total. The molecule has 1 saturated carbocycles. The number of carbonyl (C=O) groups is 1. The Morgan fingerprint density at radius 3 is 2.56 bits per heavy atom. The van der Waals surface area contributed by atoms with Crippen molar-refractivity contribution in [3.63, 3.8) is 0 Å². The predicted octanol–water partition coefficient (Wildman–Crippen LogP) is 2.50. The minimum atomic E-state index is -0.420. The summed E-state index contributed by atoms with van der Waals surface area (Å²) in [5.41, 5.74) is 1.89. The molecule has 0 aromatic heterocycles. The third-order valence-electron chi connectivity index (χ3n) is 2.90. The van der Waals surface area contributed by atoms with E-state index in [4.69, 9.17) is 0 Å². The molecule has 1 aliphatic rings. The van der Waals surface area contributed by atoms with E-state index >= 15 is 0 Å². The molecule has 0 heterocycles. The molecule has 0 bridgehead atoms. The molecule has 0 saturated heterocycles. The number of amides is 2. The van der Waals surface area contributed by atoms with Crippen molar-refractivity contribution in [1.29, 1.82) is 0 Å². The van der Waals surface area contributed by atoms with Crippen LogP contribution in [-0.4, -0.2) is 17.0 Å². The highest BCUT2D eigenvalue weighted by Gasteiger charge is 2.23. The Morgan fingerprint density at radius 1 is 1.33 bits per heavy atom. The molecule has 6 heteroatoms. The van der Waals surface area contributed by atoms with Crippen molar-refractivity contribution < 1.29 is 9.72 Å². The number of nitrogens with one attached hydrogen (secondary N) is 2. The number of aryl methyl sites for hydroxylation is 2. The Balaban J connectivity index is 2.15. The first kappa shape index (κ1) is 12.3. The van der Waals surface area contributed by atoms with Crippen LogP contribution in [0.2, 0.25) is 0 Å². The van der Waals surface area contributed by atoms with Crippen molar-refractivity contribution >= 4 is 17.4 Å². The summed E-state index contributed by atoms with van der Waals surface area (Å²) in [6.45, 7) is 3.39. The number of carbonyl (C=O) groups excluding carboxylic acids is 1. The van der Waals surface area contributed by atoms with E-state index in [1.54, 1.807) is 19.9 Å². The first-order valence-corrected chi connectivity index (χ1v) is 5.80. The van der Waals surface area contributed by atoms with Crippen molar-refractivity contribution in [2.45, 2.75) is 32.7 Å². The Hall–Kier alpha value is -2.11. The van der Waals surface area contributed by atoms with Crippen molar-refractivity contribution in [2.24, 2.45) is 0 Å². The summed E-state index contributed by atoms with van der Waals surface area (Å²) in [4.78, 5) is 21.9. The van der Waals surface area contributed by atoms with Gasteiger partial charge in [-0.15, -0.1) is 0 Å². The van der Waals surface area contributed by atoms with E-state index in [1.165, 1.54) is 6.07 Å². The summed E-state index contributed by atoms with van der Waals surface area (Å²) in [6.07, 6.45) is 2.04. The molecule has 1 aromatic rings. The third-order valence-corrected chi connectivity index (χ3v) is 2.90. The van der Waals surface area contributed by atoms with Gasteiger partial charge in [-0.1, -0.05) is 0 Å². The highest BCUT2D eigenvalue weighted by atomic mass is 16.6. The molecule has 2 rings (SSSR count). The predicted molar refractivity (Wildman–Crippen MR) is 67.7 cm³/mol. The molecule has 0 aliphatic heterocycles. The first-order valence-electron chi connectivity index (χ1n) is 5.80. The average Bonchev–Trinajstić information content (AvgIpc) is 3.06. The van der Waals surface area contributed by atoms with Gasteiger partial charge in [0, 0.05) is 23.4 Å². The lowest BCUT2D eigenvalue weighted by Crippen LogP contribution is -2.30. The maximum absolute atomic E-state index is 11.6. The molecular formula is C12H15N3O3. The number of anilines is 1. The van der Waals surface area contributed by atoms with Crippen LogP contribution in [0.15, 0.2) is 12.1 Å². The fraction of sp³-hybridized carbons (Fsp3) is 0.417. The number of urea groups is 1. The van der Waals surface area contributed by atoms with E-state index < -0.39 is 4.92 Å². The Morgan fingerprint density at radius 2 is 2.00 bits per heavy atom. The van der Waals surface area contributed by atoms with Gasteiger partial charge in [0.05, 0.1) is 4.92 Å². The second-order valence-corrected chi connectivity index (χ2v) is 4.58. The molecule has 0 spiro atoms. The number of rotatable bonds is 3. The van der Waals surface area contributed by atoms with Crippen LogP contribution < -0.4 is 10.6 Å². The Labute approximate surface area is 105 Å². The zero-order valence-corrected chi connectivity index (χ0v) is 10.3. The van der Waals surface area contributed by atoms with E-state index in [1.807, 2.05) is 0 Å². The van der Waals surface area contributed by atoms with Gasteiger partial charge in [-0.3, -0.25) is 10.1 Å². The lowest BCUT2D eigenvalue weighted by atomic mass is 10.1. The molecule has 2 N–H and O–H groups in total. The molecular weight excluding hydrogens is 234 g/mol. The standard InChI is InChI=1S/C12H15N3O3/c1-7-6-11(15(17)18)8(2)5-10(7)14-12(16)13-9-3-4-9/h5-6,9H,3-4H2,1-2H3,(H2,13,14,16). The summed E-state index contributed by atoms with van der Waals surface area (Å²) in [5.74, 6) is 0. The van der Waals surface area contributed by atoms with E-state index in [9.17, 15) is 14.9 Å². The molecule has 1 aromatic carbocycles. The van der Waals surface area contributed by atoms with Crippen LogP contribution in [0.4, 0.5) is 16.2 Å². The second-order valence-electron chi connectivity index (χ2n) is 4.58. The quantitative estimate of drug-likeness (QED) is 0.637. The van der Waals surface area contributed by atoms with Gasteiger partial charge in [-0.05, 0) is 38.3 Å². The molecule has 96 valence electrons. The van der Waals surface area contributed by atoms with Crippen LogP contribution in [0.3, 0.4) is 0 Å². The average molecular weight is 249 g/mol. The molecule has 18 heavy (non-hydrogen) atoms. The van der Waals surface area contributed by atoms with Crippen LogP contribution in [0.5, 0.6) is 0 Å². The third kappa shape index (κ3) is 2.77. The topological polar surface area (TPSA) is 84.3 Å². The van der Waals surface area contributed by atoms with Gasteiger partial charge in [0.2, 0.25) is 0 Å². The number of nitro groups is 1. The zero-order valence-electron chi connectivity index (χ0n) is 10.3. The van der Waals surface area contributed by atoms with E-state index in [0.717, 1.165) is 12.8 Å². The van der Waals surface area contributed by atoms with Gasteiger partial charge in [-0.25, -0.2) is 4.79 Å². The molecule has 0 radical (unpaired) electrons. The van der Waals surface area contributed by atoms with Crippen molar-refractivity contribution in [3.05, 3.63) is 33.4 Å². The summed E-state index contributed by atoms with van der Waals surface area (Å²) < 4.78 is 0. The molecule has 0 unspecified atom stereocenters. The fourth-order valence-electron chi connectivity index (χ4n) is 1.70. The minimum absolute atomic E-state index is 0.0700. The lowest BCUT2D eigenvalue weighted by Gasteiger charge is -2.10. The van der Waals surface area contributed by atoms with Crippen LogP contribution in [0.25, 0.3) is 0 Å². The van der Waals surface area contributed by atoms with Gasteiger partial charge < -0.3 is 10.6 Å². The van der Waals surface area contributed by atoms with Crippen molar-refractivity contribution in [1.82, 2.24) is 5.32 Å². The summed E-state index contributed by atoms with van der Waals surface area (Å²) >= 11 is 0. The summed E-state index contributed by atoms with van der Waals surface area (Å²) in [6, 6.07) is 3.13. The van der Waals surface area contributed by atoms with Gasteiger partial charge in [-0.2, -0.15) is 0 Å². The second kappa shape index (κ2) is 4.64. The van der Waals surface area contributed by atoms with Crippen molar-refractivity contribution in [2.75, 3.05) is 5.32 Å². The van der Waals surface area contributed by atoms with Crippen molar-refractivity contribution in [3.8, 4) is 0 Å². The van der Waals surface area contributed by atoms with Crippen LogP contribution in [0, 0.1) is 24.0 Å².